The SMILES string of the molecule is N=C1C=c2ccccc2=C1. The van der Waals surface area contributed by atoms with Crippen LogP contribution in [0.25, 0.3) is 12.2 Å². The number of nitrogens with one attached hydrogen (secondary N) is 1. The van der Waals surface area contributed by atoms with E-state index in [9.17, 15) is 0 Å². The second-order valence-corrected chi connectivity index (χ2v) is 2.37. The third-order valence-corrected chi connectivity index (χ3v) is 1.62. The fourth-order valence-electron chi connectivity index (χ4n) is 1.15. The molecule has 1 N–H and O–H groups in total. The summed E-state index contributed by atoms with van der Waals surface area (Å²) >= 11 is 0. The molecular weight excluding hydrogens is 122 g/mol. The molecular formula is C9H7N. The number of fused-ring (bicyclic) bond motifs is 1. The first-order chi connectivity index (χ1) is 4.86. The van der Waals surface area contributed by atoms with Crippen LogP contribution in [0.3, 0.4) is 0 Å². The van der Waals surface area contributed by atoms with Crippen LogP contribution in [-0.4, -0.2) is 5.71 Å². The van der Waals surface area contributed by atoms with E-state index in [1.165, 1.54) is 0 Å². The molecule has 0 saturated carbocycles. The normalized spacial score (nSPS) is 13.8. The first kappa shape index (κ1) is 5.42. The Morgan fingerprint density at radius 1 is 0.900 bits per heavy atom. The molecule has 0 saturated heterocycles. The molecule has 0 radical (unpaired) electrons. The van der Waals surface area contributed by atoms with E-state index in [4.69, 9.17) is 5.41 Å². The van der Waals surface area contributed by atoms with Crippen molar-refractivity contribution in [1.82, 2.24) is 0 Å². The topological polar surface area (TPSA) is 23.9 Å². The lowest BCUT2D eigenvalue weighted by Gasteiger charge is -1.78. The quantitative estimate of drug-likeness (QED) is 0.520. The van der Waals surface area contributed by atoms with Crippen LogP contribution in [0, 0.1) is 5.41 Å². The van der Waals surface area contributed by atoms with E-state index in [1.807, 2.05) is 36.4 Å². The summed E-state index contributed by atoms with van der Waals surface area (Å²) in [7, 11) is 0. The summed E-state index contributed by atoms with van der Waals surface area (Å²) in [5.41, 5.74) is 0.598. The monoisotopic (exact) mass is 129 g/mol. The Morgan fingerprint density at radius 2 is 1.40 bits per heavy atom. The summed E-state index contributed by atoms with van der Waals surface area (Å²) in [4.78, 5) is 0. The molecule has 0 unspecified atom stereocenters. The Bertz CT molecular complexity index is 350. The second kappa shape index (κ2) is 1.81. The molecule has 1 aromatic carbocycles. The Hall–Kier alpha value is -1.37. The highest BCUT2D eigenvalue weighted by molar-refractivity contribution is 6.28. The average Bonchev–Trinajstić information content (AvgIpc) is 2.27. The molecule has 1 aliphatic carbocycles. The molecule has 1 nitrogen and oxygen atoms in total. The molecule has 0 amide bonds. The van der Waals surface area contributed by atoms with Crippen LogP contribution in [0.2, 0.25) is 0 Å². The Balaban J connectivity index is 2.96. The van der Waals surface area contributed by atoms with Crippen LogP contribution in [0.1, 0.15) is 0 Å². The predicted molar refractivity (Wildman–Crippen MR) is 42.3 cm³/mol. The van der Waals surface area contributed by atoms with Crippen LogP contribution in [0.15, 0.2) is 24.3 Å². The fourth-order valence-corrected chi connectivity index (χ4v) is 1.15. The van der Waals surface area contributed by atoms with Crippen molar-refractivity contribution in [3.05, 3.63) is 34.7 Å². The molecule has 0 bridgehead atoms. The van der Waals surface area contributed by atoms with E-state index in [0.717, 1.165) is 10.4 Å². The largest absolute Gasteiger partial charge is 0.301 e. The minimum Gasteiger partial charge on any atom is -0.301 e. The van der Waals surface area contributed by atoms with Crippen molar-refractivity contribution in [3.63, 3.8) is 0 Å². The van der Waals surface area contributed by atoms with Crippen LogP contribution >= 0.6 is 0 Å². The third kappa shape index (κ3) is 0.676. The van der Waals surface area contributed by atoms with Gasteiger partial charge in [-0.3, -0.25) is 0 Å². The predicted octanol–water partition coefficient (Wildman–Crippen LogP) is 0.281. The summed E-state index contributed by atoms with van der Waals surface area (Å²) in [6, 6.07) is 8.02. The van der Waals surface area contributed by atoms with Crippen LogP contribution in [-0.2, 0) is 0 Å². The Morgan fingerprint density at radius 3 is 1.90 bits per heavy atom. The van der Waals surface area contributed by atoms with Crippen molar-refractivity contribution in [1.29, 1.82) is 5.41 Å². The van der Waals surface area contributed by atoms with Gasteiger partial charge in [0.05, 0.1) is 5.71 Å². The highest BCUT2D eigenvalue weighted by Crippen LogP contribution is 1.83. The lowest BCUT2D eigenvalue weighted by Crippen LogP contribution is -2.19. The van der Waals surface area contributed by atoms with Gasteiger partial charge in [-0.1, -0.05) is 24.3 Å². The average molecular weight is 129 g/mol. The van der Waals surface area contributed by atoms with Gasteiger partial charge in [-0.25, -0.2) is 0 Å². The molecule has 1 heteroatoms. The van der Waals surface area contributed by atoms with E-state index in [0.29, 0.717) is 5.71 Å². The van der Waals surface area contributed by atoms with Crippen LogP contribution in [0.4, 0.5) is 0 Å². The molecule has 0 atom stereocenters. The minimum absolute atomic E-state index is 0.598. The van der Waals surface area contributed by atoms with E-state index < -0.39 is 0 Å². The lowest BCUT2D eigenvalue weighted by atomic mass is 10.3. The first-order valence-electron chi connectivity index (χ1n) is 3.23. The zero-order chi connectivity index (χ0) is 6.97. The second-order valence-electron chi connectivity index (χ2n) is 2.37. The summed E-state index contributed by atoms with van der Waals surface area (Å²) < 4.78 is 0. The lowest BCUT2D eigenvalue weighted by molar-refractivity contribution is 1.55. The molecule has 2 rings (SSSR count). The van der Waals surface area contributed by atoms with Gasteiger partial charge >= 0.3 is 0 Å². The molecule has 0 fully saturated rings. The van der Waals surface area contributed by atoms with Crippen LogP contribution in [0.5, 0.6) is 0 Å². The Labute approximate surface area is 58.8 Å². The van der Waals surface area contributed by atoms with Crippen molar-refractivity contribution in [2.45, 2.75) is 0 Å². The van der Waals surface area contributed by atoms with Gasteiger partial charge in [0.1, 0.15) is 0 Å². The standard InChI is InChI=1S/C9H7N/c10-9-5-7-3-1-2-4-8(7)6-9/h1-6,10H. The van der Waals surface area contributed by atoms with Gasteiger partial charge < -0.3 is 5.41 Å². The van der Waals surface area contributed by atoms with E-state index in [1.54, 1.807) is 0 Å². The highest BCUT2D eigenvalue weighted by atomic mass is 14.4. The van der Waals surface area contributed by atoms with E-state index in [2.05, 4.69) is 0 Å². The first-order valence-corrected chi connectivity index (χ1v) is 3.23. The Kier molecular flexibility index (Phi) is 0.978. The van der Waals surface area contributed by atoms with Crippen molar-refractivity contribution in [3.8, 4) is 0 Å². The number of hydrogen-bond donors (Lipinski definition) is 1. The maximum atomic E-state index is 7.32. The molecule has 1 aromatic rings. The van der Waals surface area contributed by atoms with Crippen molar-refractivity contribution >= 4 is 17.9 Å². The molecule has 0 aromatic heterocycles. The molecule has 48 valence electrons. The van der Waals surface area contributed by atoms with Crippen LogP contribution < -0.4 is 10.4 Å². The molecule has 0 aliphatic heterocycles. The maximum absolute atomic E-state index is 7.32. The number of hydrogen-bond acceptors (Lipinski definition) is 1. The fraction of sp³-hybridized carbons (Fsp3) is 0. The van der Waals surface area contributed by atoms with E-state index >= 15 is 0 Å². The summed E-state index contributed by atoms with van der Waals surface area (Å²) in [5, 5.41) is 9.64. The van der Waals surface area contributed by atoms with Gasteiger partial charge in [0.25, 0.3) is 0 Å². The van der Waals surface area contributed by atoms with Crippen molar-refractivity contribution in [2.24, 2.45) is 0 Å². The van der Waals surface area contributed by atoms with Gasteiger partial charge in [-0.2, -0.15) is 0 Å². The van der Waals surface area contributed by atoms with Gasteiger partial charge in [0, 0.05) is 0 Å². The molecule has 1 aliphatic rings. The number of rotatable bonds is 0. The zero-order valence-electron chi connectivity index (χ0n) is 5.46. The third-order valence-electron chi connectivity index (χ3n) is 1.62. The highest BCUT2D eigenvalue weighted by Gasteiger charge is 1.94. The molecule has 0 spiro atoms. The van der Waals surface area contributed by atoms with Gasteiger partial charge in [0.15, 0.2) is 0 Å². The van der Waals surface area contributed by atoms with Gasteiger partial charge in [-0.05, 0) is 22.6 Å². The van der Waals surface area contributed by atoms with E-state index in [-0.39, 0.29) is 0 Å². The molecule has 10 heavy (non-hydrogen) atoms. The van der Waals surface area contributed by atoms with Crippen molar-refractivity contribution in [2.75, 3.05) is 0 Å². The summed E-state index contributed by atoms with van der Waals surface area (Å²) in [6.07, 6.45) is 3.74. The van der Waals surface area contributed by atoms with Crippen molar-refractivity contribution < 1.29 is 0 Å². The zero-order valence-corrected chi connectivity index (χ0v) is 5.46. The van der Waals surface area contributed by atoms with Gasteiger partial charge in [0.2, 0.25) is 0 Å². The minimum atomic E-state index is 0.598. The molecule has 0 heterocycles. The smallest absolute Gasteiger partial charge is 0.0552 e. The number of benzene rings is 1. The van der Waals surface area contributed by atoms with Gasteiger partial charge in [-0.15, -0.1) is 0 Å². The summed E-state index contributed by atoms with van der Waals surface area (Å²) in [6.45, 7) is 0. The maximum Gasteiger partial charge on any atom is 0.0552 e. The summed E-state index contributed by atoms with van der Waals surface area (Å²) in [5.74, 6) is 0.